The van der Waals surface area contributed by atoms with Crippen LogP contribution in [0.3, 0.4) is 0 Å². The van der Waals surface area contributed by atoms with Crippen LogP contribution in [-0.4, -0.2) is 34.7 Å². The van der Waals surface area contributed by atoms with E-state index in [4.69, 9.17) is 9.57 Å². The summed E-state index contributed by atoms with van der Waals surface area (Å²) in [5, 5.41) is 1.44. The molecule has 2 bridgehead atoms. The number of β-lactam (4-membered cyclic amide) rings is 1. The van der Waals surface area contributed by atoms with Crippen molar-refractivity contribution in [2.24, 2.45) is 0 Å². The van der Waals surface area contributed by atoms with Gasteiger partial charge in [-0.1, -0.05) is 0 Å². The Morgan fingerprint density at radius 2 is 2.00 bits per heavy atom. The predicted molar refractivity (Wildman–Crippen MR) is 48.5 cm³/mol. The number of ether oxygens (including phenoxy) is 1. The van der Waals surface area contributed by atoms with Crippen LogP contribution in [0.2, 0.25) is 0 Å². The van der Waals surface area contributed by atoms with Crippen LogP contribution in [0.4, 0.5) is 0 Å². The van der Waals surface area contributed by atoms with Gasteiger partial charge in [-0.2, -0.15) is 0 Å². The molecule has 3 aliphatic heterocycles. The average molecular weight is 211 g/mol. The largest absolute Gasteiger partial charge is 0.335 e. The quantitative estimate of drug-likeness (QED) is 0.544. The number of carbonyl (C=O) groups is 2. The number of amides is 1. The van der Waals surface area contributed by atoms with Gasteiger partial charge in [-0.3, -0.25) is 9.59 Å². The molecular formula is C10H13NO4. The lowest BCUT2D eigenvalue weighted by atomic mass is 9.71. The number of ketones is 1. The van der Waals surface area contributed by atoms with E-state index in [1.165, 1.54) is 5.06 Å². The van der Waals surface area contributed by atoms with Gasteiger partial charge in [0, 0.05) is 12.8 Å². The number of carbonyl (C=O) groups excluding carboxylic acids is 2. The molecule has 2 atom stereocenters. The van der Waals surface area contributed by atoms with Crippen molar-refractivity contribution in [1.29, 1.82) is 0 Å². The van der Waals surface area contributed by atoms with Gasteiger partial charge in [-0.15, -0.1) is 0 Å². The van der Waals surface area contributed by atoms with E-state index in [9.17, 15) is 9.59 Å². The molecule has 1 saturated carbocycles. The third-order valence-electron chi connectivity index (χ3n) is 3.57. The number of hydroxylamine groups is 2. The monoisotopic (exact) mass is 211 g/mol. The molecule has 0 aromatic rings. The van der Waals surface area contributed by atoms with Gasteiger partial charge in [0.15, 0.2) is 12.4 Å². The van der Waals surface area contributed by atoms with Crippen molar-refractivity contribution in [2.45, 2.75) is 50.5 Å². The van der Waals surface area contributed by atoms with Crippen molar-refractivity contribution in [1.82, 2.24) is 5.06 Å². The van der Waals surface area contributed by atoms with Crippen LogP contribution in [-0.2, 0) is 19.2 Å². The maximum Gasteiger partial charge on any atom is 0.278 e. The lowest BCUT2D eigenvalue weighted by molar-refractivity contribution is -0.413. The number of hydrogen-bond donors (Lipinski definition) is 0. The van der Waals surface area contributed by atoms with Gasteiger partial charge in [-0.25, -0.2) is 9.90 Å². The van der Waals surface area contributed by atoms with Gasteiger partial charge in [-0.05, 0) is 19.8 Å². The fourth-order valence-corrected chi connectivity index (χ4v) is 2.73. The molecule has 1 amide bonds. The predicted octanol–water partition coefficient (Wildman–Crippen LogP) is 0.387. The fraction of sp³-hybridized carbons (Fsp3) is 0.800. The molecule has 15 heavy (non-hydrogen) atoms. The Morgan fingerprint density at radius 1 is 1.33 bits per heavy atom. The molecule has 4 aliphatic rings. The molecule has 4 fully saturated rings. The van der Waals surface area contributed by atoms with Gasteiger partial charge in [0.1, 0.15) is 11.3 Å². The zero-order valence-corrected chi connectivity index (χ0v) is 8.56. The van der Waals surface area contributed by atoms with Crippen LogP contribution < -0.4 is 0 Å². The molecule has 1 spiro atoms. The second-order valence-electron chi connectivity index (χ2n) is 4.46. The van der Waals surface area contributed by atoms with Crippen LogP contribution in [0, 0.1) is 0 Å². The summed E-state index contributed by atoms with van der Waals surface area (Å²) in [5.41, 5.74) is -0.336. The molecule has 4 rings (SSSR count). The highest BCUT2D eigenvalue weighted by Gasteiger charge is 2.66. The Balaban J connectivity index is 1.84. The van der Waals surface area contributed by atoms with E-state index in [0.717, 1.165) is 0 Å². The highest BCUT2D eigenvalue weighted by molar-refractivity contribution is 5.91. The van der Waals surface area contributed by atoms with Crippen LogP contribution in [0.1, 0.15) is 32.6 Å². The minimum Gasteiger partial charge on any atom is -0.335 e. The molecule has 2 unspecified atom stereocenters. The Kier molecular flexibility index (Phi) is 1.73. The molecule has 0 N–H and O–H groups in total. The van der Waals surface area contributed by atoms with Crippen LogP contribution in [0.15, 0.2) is 0 Å². The SMILES string of the molecule is CC1OC2C(=O)N(O1)C21CCC(=O)CC1. The van der Waals surface area contributed by atoms with Crippen molar-refractivity contribution < 1.29 is 19.2 Å². The van der Waals surface area contributed by atoms with E-state index < -0.39 is 0 Å². The summed E-state index contributed by atoms with van der Waals surface area (Å²) < 4.78 is 5.47. The van der Waals surface area contributed by atoms with Crippen LogP contribution >= 0.6 is 0 Å². The minimum atomic E-state index is -0.380. The molecule has 0 radical (unpaired) electrons. The van der Waals surface area contributed by atoms with Gasteiger partial charge in [0.25, 0.3) is 5.91 Å². The zero-order valence-electron chi connectivity index (χ0n) is 8.56. The Hall–Kier alpha value is -0.940. The summed E-state index contributed by atoms with van der Waals surface area (Å²) in [4.78, 5) is 28.0. The Morgan fingerprint density at radius 3 is 2.53 bits per heavy atom. The van der Waals surface area contributed by atoms with E-state index in [1.54, 1.807) is 6.92 Å². The fourth-order valence-electron chi connectivity index (χ4n) is 2.73. The van der Waals surface area contributed by atoms with E-state index in [2.05, 4.69) is 0 Å². The zero-order chi connectivity index (χ0) is 10.6. The molecule has 5 nitrogen and oxygen atoms in total. The lowest BCUT2D eigenvalue weighted by Gasteiger charge is -2.61. The molecule has 82 valence electrons. The summed E-state index contributed by atoms with van der Waals surface area (Å²) >= 11 is 0. The van der Waals surface area contributed by atoms with Crippen LogP contribution in [0.5, 0.6) is 0 Å². The first-order chi connectivity index (χ1) is 7.13. The van der Waals surface area contributed by atoms with E-state index in [-0.39, 0.29) is 29.6 Å². The molecule has 3 heterocycles. The topological polar surface area (TPSA) is 55.8 Å². The van der Waals surface area contributed by atoms with Gasteiger partial charge in [0.2, 0.25) is 0 Å². The van der Waals surface area contributed by atoms with Crippen molar-refractivity contribution in [3.05, 3.63) is 0 Å². The van der Waals surface area contributed by atoms with Crippen molar-refractivity contribution >= 4 is 11.7 Å². The van der Waals surface area contributed by atoms with Crippen molar-refractivity contribution in [2.75, 3.05) is 0 Å². The van der Waals surface area contributed by atoms with Gasteiger partial charge < -0.3 is 4.74 Å². The summed E-state index contributed by atoms with van der Waals surface area (Å²) in [6, 6.07) is 0. The van der Waals surface area contributed by atoms with Gasteiger partial charge in [0.05, 0.1) is 0 Å². The van der Waals surface area contributed by atoms with E-state index in [0.29, 0.717) is 25.7 Å². The second-order valence-corrected chi connectivity index (χ2v) is 4.46. The number of hydrogen-bond acceptors (Lipinski definition) is 4. The summed E-state index contributed by atoms with van der Waals surface area (Å²) in [6.45, 7) is 1.77. The summed E-state index contributed by atoms with van der Waals surface area (Å²) in [6.07, 6.45) is 1.68. The normalized spacial score (nSPS) is 38.1. The number of Topliss-reactive ketones (excluding diaryl/α,β-unsaturated/α-hetero) is 1. The number of fused-ring (bicyclic) bond motifs is 2. The van der Waals surface area contributed by atoms with Crippen LogP contribution in [0.25, 0.3) is 0 Å². The highest BCUT2D eigenvalue weighted by Crippen LogP contribution is 2.48. The standard InChI is InChI=1S/C10H13NO4/c1-6-14-8-9(13)11(15-6)10(8)4-2-7(12)3-5-10/h6,8H,2-5H2,1H3. The number of rotatable bonds is 0. The molecule has 1 aliphatic carbocycles. The van der Waals surface area contributed by atoms with E-state index >= 15 is 0 Å². The third kappa shape index (κ3) is 1.05. The summed E-state index contributed by atoms with van der Waals surface area (Å²) in [7, 11) is 0. The maximum absolute atomic E-state index is 11.5. The second kappa shape index (κ2) is 2.80. The minimum absolute atomic E-state index is 0.0950. The Bertz CT molecular complexity index is 312. The first-order valence-electron chi connectivity index (χ1n) is 5.31. The first-order valence-corrected chi connectivity index (χ1v) is 5.31. The summed E-state index contributed by atoms with van der Waals surface area (Å²) in [5.74, 6) is 0.176. The Labute approximate surface area is 87.3 Å². The lowest BCUT2D eigenvalue weighted by Crippen LogP contribution is -2.79. The van der Waals surface area contributed by atoms with Crippen molar-refractivity contribution in [3.63, 3.8) is 0 Å². The van der Waals surface area contributed by atoms with Crippen molar-refractivity contribution in [3.8, 4) is 0 Å². The molecule has 0 aromatic heterocycles. The maximum atomic E-state index is 11.5. The average Bonchev–Trinajstić information content (AvgIpc) is 2.24. The molecular weight excluding hydrogens is 198 g/mol. The molecule has 0 aromatic carbocycles. The van der Waals surface area contributed by atoms with E-state index in [1.807, 2.05) is 0 Å². The smallest absolute Gasteiger partial charge is 0.278 e. The highest BCUT2D eigenvalue weighted by atomic mass is 16.8. The third-order valence-corrected chi connectivity index (χ3v) is 3.57. The molecule has 5 heteroatoms. The number of nitrogens with zero attached hydrogens (tertiary/aromatic N) is 1. The first kappa shape index (κ1) is 9.30. The molecule has 3 saturated heterocycles. The van der Waals surface area contributed by atoms with Gasteiger partial charge >= 0.3 is 0 Å².